The number of nitrogens with zero attached hydrogens (tertiary/aromatic N) is 2. The van der Waals surface area contributed by atoms with E-state index in [4.69, 9.17) is 5.73 Å². The Balaban J connectivity index is 1.63. The van der Waals surface area contributed by atoms with Crippen molar-refractivity contribution in [3.63, 3.8) is 0 Å². The van der Waals surface area contributed by atoms with E-state index in [2.05, 4.69) is 15.6 Å². The first-order valence-corrected chi connectivity index (χ1v) is 9.56. The standard InChI is InChI=1S/C22H23F2N5O2/c1-22(2,21(31)26-11-14-8-9-16(23)17(24)10-14)29-12-18(27-13-29)28-20(30)19(25)15-6-4-3-5-7-15/h3-10,12-13,19H,11,25H2,1-2H3,(H,26,31)(H,28,30)/t19-/m0/s1. The molecule has 1 atom stereocenters. The Bertz CT molecular complexity index is 1080. The molecule has 0 spiro atoms. The molecule has 0 radical (unpaired) electrons. The maximum atomic E-state index is 13.3. The van der Waals surface area contributed by atoms with Crippen molar-refractivity contribution < 1.29 is 18.4 Å². The van der Waals surface area contributed by atoms with E-state index >= 15 is 0 Å². The van der Waals surface area contributed by atoms with Crippen LogP contribution >= 0.6 is 0 Å². The molecule has 31 heavy (non-hydrogen) atoms. The summed E-state index contributed by atoms with van der Waals surface area (Å²) in [5.41, 5.74) is 6.01. The van der Waals surface area contributed by atoms with Gasteiger partial charge in [-0.15, -0.1) is 0 Å². The molecule has 0 aliphatic rings. The molecule has 0 saturated heterocycles. The maximum Gasteiger partial charge on any atom is 0.247 e. The first-order chi connectivity index (χ1) is 14.7. The van der Waals surface area contributed by atoms with Gasteiger partial charge >= 0.3 is 0 Å². The number of benzene rings is 2. The Morgan fingerprint density at radius 2 is 1.84 bits per heavy atom. The van der Waals surface area contributed by atoms with Gasteiger partial charge in [0, 0.05) is 12.7 Å². The number of carbonyl (C=O) groups excluding carboxylic acids is 2. The van der Waals surface area contributed by atoms with Crippen molar-refractivity contribution in [2.24, 2.45) is 5.73 Å². The van der Waals surface area contributed by atoms with Gasteiger partial charge in [-0.3, -0.25) is 9.59 Å². The highest BCUT2D eigenvalue weighted by molar-refractivity contribution is 5.94. The summed E-state index contributed by atoms with van der Waals surface area (Å²) in [7, 11) is 0. The number of hydrogen-bond acceptors (Lipinski definition) is 4. The topological polar surface area (TPSA) is 102 Å². The van der Waals surface area contributed by atoms with Crippen molar-refractivity contribution in [1.29, 1.82) is 0 Å². The molecule has 9 heteroatoms. The van der Waals surface area contributed by atoms with Gasteiger partial charge in [0.05, 0.1) is 6.33 Å². The molecule has 3 rings (SSSR count). The minimum Gasteiger partial charge on any atom is -0.350 e. The average molecular weight is 427 g/mol. The number of amides is 2. The summed E-state index contributed by atoms with van der Waals surface area (Å²) in [6.45, 7) is 3.36. The number of hydrogen-bond donors (Lipinski definition) is 3. The van der Waals surface area contributed by atoms with Crippen molar-refractivity contribution in [2.75, 3.05) is 5.32 Å². The summed E-state index contributed by atoms with van der Waals surface area (Å²) in [5.74, 6) is -2.48. The van der Waals surface area contributed by atoms with Crippen LogP contribution in [0.15, 0.2) is 61.1 Å². The van der Waals surface area contributed by atoms with Crippen molar-refractivity contribution in [2.45, 2.75) is 32.0 Å². The number of rotatable bonds is 7. The van der Waals surface area contributed by atoms with E-state index in [9.17, 15) is 18.4 Å². The average Bonchev–Trinajstić information content (AvgIpc) is 3.23. The molecule has 0 fully saturated rings. The molecule has 4 N–H and O–H groups in total. The third-order valence-corrected chi connectivity index (χ3v) is 4.91. The third kappa shape index (κ3) is 5.13. The minimum atomic E-state index is -1.06. The van der Waals surface area contributed by atoms with Crippen molar-refractivity contribution in [3.05, 3.63) is 83.8 Å². The second kappa shape index (κ2) is 9.05. The van der Waals surface area contributed by atoms with E-state index in [0.717, 1.165) is 12.1 Å². The largest absolute Gasteiger partial charge is 0.350 e. The van der Waals surface area contributed by atoms with Gasteiger partial charge in [0.15, 0.2) is 17.5 Å². The zero-order chi connectivity index (χ0) is 22.6. The lowest BCUT2D eigenvalue weighted by Gasteiger charge is -2.25. The highest BCUT2D eigenvalue weighted by Gasteiger charge is 2.30. The van der Waals surface area contributed by atoms with Crippen LogP contribution < -0.4 is 16.4 Å². The van der Waals surface area contributed by atoms with Gasteiger partial charge in [-0.1, -0.05) is 36.4 Å². The molecular weight excluding hydrogens is 404 g/mol. The lowest BCUT2D eigenvalue weighted by atomic mass is 10.0. The highest BCUT2D eigenvalue weighted by atomic mass is 19.2. The van der Waals surface area contributed by atoms with Crippen LogP contribution in [0.25, 0.3) is 0 Å². The van der Waals surface area contributed by atoms with Crippen LogP contribution in [-0.2, 0) is 21.7 Å². The molecular formula is C22H23F2N5O2. The van der Waals surface area contributed by atoms with Gasteiger partial charge in [0.2, 0.25) is 11.8 Å². The molecule has 2 amide bonds. The molecule has 162 valence electrons. The second-order valence-corrected chi connectivity index (χ2v) is 7.53. The monoisotopic (exact) mass is 427 g/mol. The van der Waals surface area contributed by atoms with E-state index in [1.807, 2.05) is 6.07 Å². The SMILES string of the molecule is CC(C)(C(=O)NCc1ccc(F)c(F)c1)n1cnc(NC(=O)[C@@H](N)c2ccccc2)c1. The van der Waals surface area contributed by atoms with E-state index in [0.29, 0.717) is 11.1 Å². The van der Waals surface area contributed by atoms with Crippen molar-refractivity contribution in [1.82, 2.24) is 14.9 Å². The predicted molar refractivity (Wildman–Crippen MR) is 112 cm³/mol. The Morgan fingerprint density at radius 1 is 1.13 bits per heavy atom. The number of nitrogens with one attached hydrogen (secondary N) is 2. The molecule has 2 aromatic carbocycles. The molecule has 1 aromatic heterocycles. The smallest absolute Gasteiger partial charge is 0.247 e. The summed E-state index contributed by atoms with van der Waals surface area (Å²) in [6, 6.07) is 11.5. The third-order valence-electron chi connectivity index (χ3n) is 4.91. The normalized spacial score (nSPS) is 12.3. The van der Waals surface area contributed by atoms with Crippen molar-refractivity contribution >= 4 is 17.6 Å². The van der Waals surface area contributed by atoms with Crippen LogP contribution in [0.5, 0.6) is 0 Å². The lowest BCUT2D eigenvalue weighted by molar-refractivity contribution is -0.128. The molecule has 0 bridgehead atoms. The fourth-order valence-electron chi connectivity index (χ4n) is 2.87. The molecule has 0 aliphatic carbocycles. The predicted octanol–water partition coefficient (Wildman–Crippen LogP) is 2.85. The molecule has 0 unspecified atom stereocenters. The quantitative estimate of drug-likeness (QED) is 0.540. The first kappa shape index (κ1) is 22.1. The van der Waals surface area contributed by atoms with E-state index < -0.39 is 29.1 Å². The Hall–Kier alpha value is -3.59. The number of carbonyl (C=O) groups is 2. The summed E-state index contributed by atoms with van der Waals surface area (Å²) in [4.78, 5) is 29.2. The summed E-state index contributed by atoms with van der Waals surface area (Å²) < 4.78 is 27.9. The van der Waals surface area contributed by atoms with Gasteiger partial charge in [0.25, 0.3) is 0 Å². The second-order valence-electron chi connectivity index (χ2n) is 7.53. The Labute approximate surface area is 178 Å². The molecule has 0 aliphatic heterocycles. The van der Waals surface area contributed by atoms with Crippen LogP contribution in [0.2, 0.25) is 0 Å². The van der Waals surface area contributed by atoms with E-state index in [-0.39, 0.29) is 18.3 Å². The zero-order valence-corrected chi connectivity index (χ0v) is 17.1. The molecule has 3 aromatic rings. The first-order valence-electron chi connectivity index (χ1n) is 9.56. The van der Waals surface area contributed by atoms with Crippen LogP contribution in [0.1, 0.15) is 31.0 Å². The van der Waals surface area contributed by atoms with Gasteiger partial charge in [-0.05, 0) is 37.1 Å². The molecule has 7 nitrogen and oxygen atoms in total. The van der Waals surface area contributed by atoms with E-state index in [1.54, 1.807) is 38.1 Å². The van der Waals surface area contributed by atoms with Gasteiger partial charge in [0.1, 0.15) is 11.6 Å². The number of anilines is 1. The Kier molecular flexibility index (Phi) is 6.45. The van der Waals surface area contributed by atoms with Crippen molar-refractivity contribution in [3.8, 4) is 0 Å². The summed E-state index contributed by atoms with van der Waals surface area (Å²) in [6.07, 6.45) is 2.94. The van der Waals surface area contributed by atoms with E-state index in [1.165, 1.54) is 23.2 Å². The van der Waals surface area contributed by atoms with Crippen LogP contribution in [0.4, 0.5) is 14.6 Å². The zero-order valence-electron chi connectivity index (χ0n) is 17.1. The van der Waals surface area contributed by atoms with Gasteiger partial charge in [-0.2, -0.15) is 0 Å². The van der Waals surface area contributed by atoms with Gasteiger partial charge < -0.3 is 20.9 Å². The maximum absolute atomic E-state index is 13.3. The van der Waals surface area contributed by atoms with Crippen LogP contribution in [0, 0.1) is 11.6 Å². The minimum absolute atomic E-state index is 0.0314. The lowest BCUT2D eigenvalue weighted by Crippen LogP contribution is -2.43. The highest BCUT2D eigenvalue weighted by Crippen LogP contribution is 2.19. The number of nitrogens with two attached hydrogens (primary N) is 1. The number of aromatic nitrogens is 2. The Morgan fingerprint density at radius 3 is 2.52 bits per heavy atom. The summed E-state index contributed by atoms with van der Waals surface area (Å²) in [5, 5.41) is 5.33. The van der Waals surface area contributed by atoms with Crippen LogP contribution in [0.3, 0.4) is 0 Å². The fraction of sp³-hybridized carbons (Fsp3) is 0.227. The molecule has 1 heterocycles. The summed E-state index contributed by atoms with van der Waals surface area (Å²) >= 11 is 0. The number of halogens is 2. The fourth-order valence-corrected chi connectivity index (χ4v) is 2.87. The van der Waals surface area contributed by atoms with Crippen LogP contribution in [-0.4, -0.2) is 21.4 Å². The number of imidazole rings is 1. The molecule has 0 saturated carbocycles. The van der Waals surface area contributed by atoms with Gasteiger partial charge in [-0.25, -0.2) is 13.8 Å².